The molecule has 0 spiro atoms. The van der Waals surface area contributed by atoms with Gasteiger partial charge in [-0.1, -0.05) is 11.6 Å². The number of benzene rings is 2. The molecule has 2 aromatic rings. The molecule has 0 heterocycles. The Morgan fingerprint density at radius 1 is 1.40 bits per heavy atom. The first kappa shape index (κ1) is 18.2. The predicted molar refractivity (Wildman–Crippen MR) is 92.2 cm³/mol. The summed E-state index contributed by atoms with van der Waals surface area (Å²) in [5.41, 5.74) is 2.81. The third-order valence-electron chi connectivity index (χ3n) is 3.10. The average molecular weight is 364 g/mol. The fourth-order valence-electron chi connectivity index (χ4n) is 1.87. The van der Waals surface area contributed by atoms with Gasteiger partial charge in [-0.25, -0.2) is 5.43 Å². The van der Waals surface area contributed by atoms with Crippen molar-refractivity contribution in [1.82, 2.24) is 5.43 Å². The minimum Gasteiger partial charge on any atom is -0.508 e. The number of hydrogen-bond acceptors (Lipinski definition) is 6. The number of nitro groups is 1. The monoisotopic (exact) mass is 363 g/mol. The SMILES string of the molecule is Cc1cc(OCC(=O)NN=Cc2cc(O)ccc2[N+](=O)[O-])ccc1Cl. The van der Waals surface area contributed by atoms with Crippen LogP contribution in [-0.2, 0) is 4.79 Å². The van der Waals surface area contributed by atoms with Crippen LogP contribution < -0.4 is 10.2 Å². The molecule has 25 heavy (non-hydrogen) atoms. The lowest BCUT2D eigenvalue weighted by atomic mass is 10.2. The van der Waals surface area contributed by atoms with E-state index in [0.29, 0.717) is 10.8 Å². The molecule has 2 N–H and O–H groups in total. The van der Waals surface area contributed by atoms with Gasteiger partial charge < -0.3 is 9.84 Å². The number of halogens is 1. The summed E-state index contributed by atoms with van der Waals surface area (Å²) in [6, 6.07) is 8.47. The molecule has 0 aromatic heterocycles. The number of aryl methyl sites for hydroxylation is 1. The first-order valence-corrected chi connectivity index (χ1v) is 7.43. The van der Waals surface area contributed by atoms with E-state index in [-0.39, 0.29) is 23.6 Å². The highest BCUT2D eigenvalue weighted by atomic mass is 35.5. The van der Waals surface area contributed by atoms with E-state index in [1.54, 1.807) is 18.2 Å². The van der Waals surface area contributed by atoms with Crippen LogP contribution >= 0.6 is 11.6 Å². The minimum absolute atomic E-state index is 0.0551. The van der Waals surface area contributed by atoms with Crippen molar-refractivity contribution in [2.45, 2.75) is 6.92 Å². The number of nitro benzene ring substituents is 1. The van der Waals surface area contributed by atoms with Crippen molar-refractivity contribution in [2.75, 3.05) is 6.61 Å². The Morgan fingerprint density at radius 3 is 2.84 bits per heavy atom. The molecule has 0 unspecified atom stereocenters. The molecule has 0 aliphatic rings. The van der Waals surface area contributed by atoms with E-state index in [1.807, 2.05) is 6.92 Å². The molecule has 0 aliphatic carbocycles. The van der Waals surface area contributed by atoms with Crippen molar-refractivity contribution in [3.63, 3.8) is 0 Å². The molecule has 1 amide bonds. The summed E-state index contributed by atoms with van der Waals surface area (Å²) in [5, 5.41) is 24.5. The second-order valence-electron chi connectivity index (χ2n) is 4.99. The Kier molecular flexibility index (Phi) is 5.91. The topological polar surface area (TPSA) is 114 Å². The fraction of sp³-hybridized carbons (Fsp3) is 0.125. The van der Waals surface area contributed by atoms with Gasteiger partial charge in [0.1, 0.15) is 11.5 Å². The van der Waals surface area contributed by atoms with Crippen LogP contribution in [0.4, 0.5) is 5.69 Å². The zero-order valence-electron chi connectivity index (χ0n) is 13.1. The van der Waals surface area contributed by atoms with Crippen LogP contribution in [-0.4, -0.2) is 28.8 Å². The second-order valence-corrected chi connectivity index (χ2v) is 5.40. The average Bonchev–Trinajstić information content (AvgIpc) is 2.56. The summed E-state index contributed by atoms with van der Waals surface area (Å²) >= 11 is 5.90. The molecule has 0 fully saturated rings. The van der Waals surface area contributed by atoms with Crippen molar-refractivity contribution < 1.29 is 19.6 Å². The van der Waals surface area contributed by atoms with Gasteiger partial charge in [0, 0.05) is 11.1 Å². The molecular weight excluding hydrogens is 350 g/mol. The third kappa shape index (κ3) is 5.18. The zero-order chi connectivity index (χ0) is 18.4. The Bertz CT molecular complexity index is 839. The molecule has 0 aliphatic heterocycles. The van der Waals surface area contributed by atoms with E-state index in [4.69, 9.17) is 16.3 Å². The zero-order valence-corrected chi connectivity index (χ0v) is 13.9. The van der Waals surface area contributed by atoms with E-state index < -0.39 is 10.8 Å². The van der Waals surface area contributed by atoms with Crippen molar-refractivity contribution in [1.29, 1.82) is 0 Å². The number of nitrogens with zero attached hydrogens (tertiary/aromatic N) is 2. The van der Waals surface area contributed by atoms with Gasteiger partial charge in [-0.15, -0.1) is 0 Å². The van der Waals surface area contributed by atoms with Gasteiger partial charge in [0.15, 0.2) is 6.61 Å². The van der Waals surface area contributed by atoms with Gasteiger partial charge in [0.25, 0.3) is 11.6 Å². The number of nitrogens with one attached hydrogen (secondary N) is 1. The summed E-state index contributed by atoms with van der Waals surface area (Å²) in [6.07, 6.45) is 1.07. The maximum absolute atomic E-state index is 11.7. The fourth-order valence-corrected chi connectivity index (χ4v) is 1.99. The Morgan fingerprint density at radius 2 is 2.16 bits per heavy atom. The molecule has 130 valence electrons. The highest BCUT2D eigenvalue weighted by Crippen LogP contribution is 2.22. The summed E-state index contributed by atoms with van der Waals surface area (Å²) < 4.78 is 5.29. The number of hydrazone groups is 1. The van der Waals surface area contributed by atoms with E-state index >= 15 is 0 Å². The second kappa shape index (κ2) is 8.11. The molecule has 0 saturated heterocycles. The number of hydrogen-bond donors (Lipinski definition) is 2. The highest BCUT2D eigenvalue weighted by Gasteiger charge is 2.12. The van der Waals surface area contributed by atoms with Gasteiger partial charge in [-0.3, -0.25) is 14.9 Å². The number of carbonyl (C=O) groups is 1. The van der Waals surface area contributed by atoms with Gasteiger partial charge in [-0.2, -0.15) is 5.10 Å². The van der Waals surface area contributed by atoms with E-state index in [2.05, 4.69) is 10.5 Å². The molecule has 0 bridgehead atoms. The summed E-state index contributed by atoms with van der Waals surface area (Å²) in [7, 11) is 0. The maximum atomic E-state index is 11.7. The number of ether oxygens (including phenoxy) is 1. The lowest BCUT2D eigenvalue weighted by Gasteiger charge is -2.06. The van der Waals surface area contributed by atoms with Crippen molar-refractivity contribution in [3.8, 4) is 11.5 Å². The smallest absolute Gasteiger partial charge is 0.278 e. The van der Waals surface area contributed by atoms with Gasteiger partial charge in [0.05, 0.1) is 16.7 Å². The van der Waals surface area contributed by atoms with Crippen LogP contribution in [0, 0.1) is 17.0 Å². The van der Waals surface area contributed by atoms with Crippen LogP contribution in [0.1, 0.15) is 11.1 Å². The Balaban J connectivity index is 1.93. The molecule has 2 aromatic carbocycles. The van der Waals surface area contributed by atoms with Crippen LogP contribution in [0.2, 0.25) is 5.02 Å². The molecule has 0 atom stereocenters. The predicted octanol–water partition coefficient (Wildman–Crippen LogP) is 2.79. The normalized spacial score (nSPS) is 10.6. The van der Waals surface area contributed by atoms with E-state index in [9.17, 15) is 20.0 Å². The number of phenols is 1. The standard InChI is InChI=1S/C16H14ClN3O5/c1-10-6-13(3-4-14(10)17)25-9-16(22)19-18-8-11-7-12(21)2-5-15(11)20(23)24/h2-8,21H,9H2,1H3,(H,19,22). The molecule has 9 heteroatoms. The highest BCUT2D eigenvalue weighted by molar-refractivity contribution is 6.31. The van der Waals surface area contributed by atoms with Gasteiger partial charge in [-0.05, 0) is 42.8 Å². The quantitative estimate of drug-likeness (QED) is 0.465. The van der Waals surface area contributed by atoms with Crippen LogP contribution in [0.15, 0.2) is 41.5 Å². The first-order valence-electron chi connectivity index (χ1n) is 7.05. The van der Waals surface area contributed by atoms with E-state index in [0.717, 1.165) is 17.8 Å². The molecule has 0 radical (unpaired) electrons. The number of rotatable bonds is 6. The van der Waals surface area contributed by atoms with Crippen molar-refractivity contribution in [2.24, 2.45) is 5.10 Å². The van der Waals surface area contributed by atoms with E-state index in [1.165, 1.54) is 12.1 Å². The summed E-state index contributed by atoms with van der Waals surface area (Å²) in [6.45, 7) is 1.52. The van der Waals surface area contributed by atoms with Crippen LogP contribution in [0.5, 0.6) is 11.5 Å². The lowest BCUT2D eigenvalue weighted by Crippen LogP contribution is -2.24. The molecular formula is C16H14ClN3O5. The molecule has 8 nitrogen and oxygen atoms in total. The third-order valence-corrected chi connectivity index (χ3v) is 3.52. The Labute approximate surface area is 147 Å². The molecule has 2 rings (SSSR count). The van der Waals surface area contributed by atoms with Crippen molar-refractivity contribution >= 4 is 29.4 Å². The molecule has 0 saturated carbocycles. The lowest BCUT2D eigenvalue weighted by molar-refractivity contribution is -0.385. The Hall–Kier alpha value is -3.13. The van der Waals surface area contributed by atoms with Crippen molar-refractivity contribution in [3.05, 3.63) is 62.7 Å². The number of aromatic hydroxyl groups is 1. The largest absolute Gasteiger partial charge is 0.508 e. The van der Waals surface area contributed by atoms with Gasteiger partial charge in [0.2, 0.25) is 0 Å². The summed E-state index contributed by atoms with van der Waals surface area (Å²) in [4.78, 5) is 22.0. The summed E-state index contributed by atoms with van der Waals surface area (Å²) in [5.74, 6) is -0.226. The maximum Gasteiger partial charge on any atom is 0.278 e. The number of carbonyl (C=O) groups excluding carboxylic acids is 1. The van der Waals surface area contributed by atoms with Crippen LogP contribution in [0.25, 0.3) is 0 Å². The minimum atomic E-state index is -0.616. The van der Waals surface area contributed by atoms with Crippen LogP contribution in [0.3, 0.4) is 0 Å². The van der Waals surface area contributed by atoms with Gasteiger partial charge >= 0.3 is 0 Å². The number of amides is 1. The first-order chi connectivity index (χ1) is 11.9. The number of phenolic OH excluding ortho intramolecular Hbond substituents is 1.